The van der Waals surface area contributed by atoms with Crippen molar-refractivity contribution >= 4 is 28.6 Å². The first kappa shape index (κ1) is 22.7. The number of fused-ring (bicyclic) bond motifs is 3. The zero-order valence-corrected chi connectivity index (χ0v) is 20.8. The summed E-state index contributed by atoms with van der Waals surface area (Å²) in [7, 11) is 1.44. The van der Waals surface area contributed by atoms with Crippen molar-refractivity contribution in [3.05, 3.63) is 59.4 Å². The van der Waals surface area contributed by atoms with E-state index in [2.05, 4.69) is 68.2 Å². The summed E-state index contributed by atoms with van der Waals surface area (Å²) in [6.45, 7) is 4.51. The second kappa shape index (κ2) is 9.37. The van der Waals surface area contributed by atoms with Crippen molar-refractivity contribution in [1.82, 2.24) is 14.5 Å². The van der Waals surface area contributed by atoms with Crippen molar-refractivity contribution in [3.63, 3.8) is 0 Å². The third-order valence-electron chi connectivity index (χ3n) is 7.73. The number of anilines is 1. The number of amides is 1. The van der Waals surface area contributed by atoms with E-state index in [-0.39, 0.29) is 12.1 Å². The molecule has 3 aromatic rings. The predicted molar refractivity (Wildman–Crippen MR) is 139 cm³/mol. The van der Waals surface area contributed by atoms with E-state index in [4.69, 9.17) is 9.72 Å². The van der Waals surface area contributed by atoms with E-state index in [0.29, 0.717) is 12.6 Å². The lowest BCUT2D eigenvalue weighted by molar-refractivity contribution is 0.175. The maximum absolute atomic E-state index is 12.6. The number of carbonyl (C=O) groups is 1. The molecule has 9 heteroatoms. The summed E-state index contributed by atoms with van der Waals surface area (Å²) >= 11 is 0. The van der Waals surface area contributed by atoms with Crippen LogP contribution in [-0.4, -0.2) is 59.2 Å². The van der Waals surface area contributed by atoms with Gasteiger partial charge in [-0.15, -0.1) is 5.10 Å². The highest BCUT2D eigenvalue weighted by Gasteiger charge is 2.33. The van der Waals surface area contributed by atoms with Crippen molar-refractivity contribution < 1.29 is 9.53 Å². The number of rotatable bonds is 3. The van der Waals surface area contributed by atoms with Crippen LogP contribution in [0, 0.1) is 0 Å². The van der Waals surface area contributed by atoms with Gasteiger partial charge in [-0.25, -0.2) is 9.78 Å². The number of ether oxygens (including phenoxy) is 1. The monoisotopic (exact) mass is 485 g/mol. The van der Waals surface area contributed by atoms with Crippen LogP contribution in [0.15, 0.2) is 57.9 Å². The third kappa shape index (κ3) is 3.92. The molecule has 4 heterocycles. The Balaban J connectivity index is 1.41. The van der Waals surface area contributed by atoms with Gasteiger partial charge in [-0.2, -0.15) is 5.11 Å². The highest BCUT2D eigenvalue weighted by Crippen LogP contribution is 2.39. The van der Waals surface area contributed by atoms with Gasteiger partial charge in [0.25, 0.3) is 0 Å². The van der Waals surface area contributed by atoms with E-state index >= 15 is 0 Å². The minimum Gasteiger partial charge on any atom is -0.452 e. The maximum Gasteiger partial charge on any atom is 0.414 e. The maximum atomic E-state index is 12.6. The molecule has 0 unspecified atom stereocenters. The lowest BCUT2D eigenvalue weighted by Crippen LogP contribution is -2.42. The second-order valence-electron chi connectivity index (χ2n) is 9.84. The largest absolute Gasteiger partial charge is 0.452 e. The Labute approximate surface area is 210 Å². The fraction of sp³-hybridized carbons (Fsp3) is 0.444. The van der Waals surface area contributed by atoms with Crippen molar-refractivity contribution in [3.8, 4) is 0 Å². The fourth-order valence-corrected chi connectivity index (χ4v) is 5.89. The van der Waals surface area contributed by atoms with Gasteiger partial charge < -0.3 is 14.2 Å². The number of aromatic nitrogens is 2. The van der Waals surface area contributed by atoms with Gasteiger partial charge in [0, 0.05) is 37.2 Å². The molecule has 0 spiro atoms. The van der Waals surface area contributed by atoms with Gasteiger partial charge in [-0.1, -0.05) is 30.3 Å². The molecule has 3 aliphatic heterocycles. The molecular formula is C27H31N7O2. The number of aryl methyl sites for hydroxylation is 1. The normalized spacial score (nSPS) is 20.1. The molecule has 1 fully saturated rings. The van der Waals surface area contributed by atoms with Crippen LogP contribution < -0.4 is 4.90 Å². The topological polar surface area (TPSA) is 87.7 Å². The Morgan fingerprint density at radius 1 is 1.08 bits per heavy atom. The van der Waals surface area contributed by atoms with Crippen molar-refractivity contribution in [2.75, 3.05) is 31.6 Å². The minimum atomic E-state index is -0.313. The van der Waals surface area contributed by atoms with E-state index in [1.54, 1.807) is 4.90 Å². The van der Waals surface area contributed by atoms with Crippen LogP contribution in [0.25, 0.3) is 11.0 Å². The van der Waals surface area contributed by atoms with Gasteiger partial charge in [-0.05, 0) is 55.5 Å². The molecule has 0 bridgehead atoms. The third-order valence-corrected chi connectivity index (χ3v) is 7.73. The molecule has 1 amide bonds. The van der Waals surface area contributed by atoms with Crippen LogP contribution in [0.3, 0.4) is 0 Å². The predicted octanol–water partition coefficient (Wildman–Crippen LogP) is 4.95. The molecule has 6 rings (SSSR count). The summed E-state index contributed by atoms with van der Waals surface area (Å²) in [6.07, 6.45) is 4.26. The Kier molecular flexibility index (Phi) is 5.91. The molecule has 0 aliphatic carbocycles. The van der Waals surface area contributed by atoms with E-state index in [1.165, 1.54) is 12.7 Å². The van der Waals surface area contributed by atoms with Gasteiger partial charge in [-0.3, -0.25) is 4.90 Å². The van der Waals surface area contributed by atoms with Crippen molar-refractivity contribution in [1.29, 1.82) is 0 Å². The quantitative estimate of drug-likeness (QED) is 0.525. The highest BCUT2D eigenvalue weighted by atomic mass is 16.5. The number of carbonyl (C=O) groups excluding carboxylic acids is 1. The molecule has 9 nitrogen and oxygen atoms in total. The smallest absolute Gasteiger partial charge is 0.414 e. The average molecular weight is 486 g/mol. The average Bonchev–Trinajstić information content (AvgIpc) is 3.57. The van der Waals surface area contributed by atoms with Crippen LogP contribution in [-0.2, 0) is 17.6 Å². The highest BCUT2D eigenvalue weighted by molar-refractivity contribution is 5.95. The zero-order chi connectivity index (χ0) is 24.6. The summed E-state index contributed by atoms with van der Waals surface area (Å²) in [6, 6.07) is 15.2. The summed E-state index contributed by atoms with van der Waals surface area (Å²) < 4.78 is 7.58. The summed E-state index contributed by atoms with van der Waals surface area (Å²) in [4.78, 5) is 22.0. The number of piperidine rings is 1. The van der Waals surface area contributed by atoms with Crippen LogP contribution in [0.4, 0.5) is 10.5 Å². The second-order valence-corrected chi connectivity index (χ2v) is 9.84. The molecule has 1 aromatic heterocycles. The number of imidazole rings is 1. The first-order valence-corrected chi connectivity index (χ1v) is 12.8. The number of likely N-dealkylation sites (tertiary alicyclic amines) is 1. The van der Waals surface area contributed by atoms with Crippen molar-refractivity contribution in [2.24, 2.45) is 15.4 Å². The molecule has 0 radical (unpaired) electrons. The summed E-state index contributed by atoms with van der Waals surface area (Å²) in [5, 5.41) is 12.0. The Hall–Kier alpha value is -3.75. The van der Waals surface area contributed by atoms with Crippen molar-refractivity contribution in [2.45, 2.75) is 51.1 Å². The fourth-order valence-electron chi connectivity index (χ4n) is 5.89. The van der Waals surface area contributed by atoms with Gasteiger partial charge in [0.15, 0.2) is 5.84 Å². The molecule has 0 N–H and O–H groups in total. The summed E-state index contributed by atoms with van der Waals surface area (Å²) in [5.41, 5.74) is 5.48. The first-order valence-electron chi connectivity index (χ1n) is 12.8. The molecule has 0 saturated carbocycles. The van der Waals surface area contributed by atoms with Gasteiger partial charge in [0.05, 0.1) is 23.8 Å². The molecule has 36 heavy (non-hydrogen) atoms. The van der Waals surface area contributed by atoms with E-state index in [9.17, 15) is 4.79 Å². The first-order chi connectivity index (χ1) is 17.6. The number of benzene rings is 2. The standard InChI is InChI=1S/C27H31N7O2/c1-18-8-9-21-22(33(18)27(35)36-2)10-11-23-26(21)29-24(16-19-6-4-3-5-7-19)34(23)20-12-14-32(15-13-20)25-17-28-31-30-25/h3-7,10-11,18,20H,8-9,12-17H2,1-2H3/t18-/m0/s1. The SMILES string of the molecule is COC(=O)N1c2ccc3c(nc(Cc4ccccc4)n3C3CCN(C4=NN=NC4)CC3)c2CC[C@@H]1C. The van der Waals surface area contributed by atoms with E-state index < -0.39 is 0 Å². The Morgan fingerprint density at radius 2 is 1.89 bits per heavy atom. The van der Waals surface area contributed by atoms with Crippen LogP contribution in [0.5, 0.6) is 0 Å². The molecule has 2 aromatic carbocycles. The van der Waals surface area contributed by atoms with Crippen LogP contribution in [0.2, 0.25) is 0 Å². The van der Waals surface area contributed by atoms with Gasteiger partial charge in [0.2, 0.25) is 0 Å². The van der Waals surface area contributed by atoms with Crippen LogP contribution >= 0.6 is 0 Å². The van der Waals surface area contributed by atoms with E-state index in [0.717, 1.165) is 79.1 Å². The number of hydrogen-bond acceptors (Lipinski definition) is 7. The molecule has 1 atom stereocenters. The lowest BCUT2D eigenvalue weighted by Gasteiger charge is -2.35. The number of nitrogens with zero attached hydrogens (tertiary/aromatic N) is 7. The number of amidine groups is 1. The lowest BCUT2D eigenvalue weighted by atomic mass is 9.95. The molecular weight excluding hydrogens is 454 g/mol. The molecule has 3 aliphatic rings. The minimum absolute atomic E-state index is 0.0922. The summed E-state index contributed by atoms with van der Waals surface area (Å²) in [5.74, 6) is 2.05. The molecule has 186 valence electrons. The van der Waals surface area contributed by atoms with Gasteiger partial charge >= 0.3 is 6.09 Å². The Morgan fingerprint density at radius 3 is 2.61 bits per heavy atom. The number of hydrogen-bond donors (Lipinski definition) is 0. The zero-order valence-electron chi connectivity index (χ0n) is 20.8. The molecule has 1 saturated heterocycles. The Bertz CT molecular complexity index is 1340. The van der Waals surface area contributed by atoms with Gasteiger partial charge in [0.1, 0.15) is 12.4 Å². The number of methoxy groups -OCH3 is 1. The van der Waals surface area contributed by atoms with E-state index in [1.807, 2.05) is 6.07 Å². The van der Waals surface area contributed by atoms with Crippen LogP contribution in [0.1, 0.15) is 49.2 Å².